The van der Waals surface area contributed by atoms with Crippen LogP contribution in [0.2, 0.25) is 0 Å². The van der Waals surface area contributed by atoms with Crippen LogP contribution in [-0.2, 0) is 6.42 Å². The fourth-order valence-corrected chi connectivity index (χ4v) is 1.88. The van der Waals surface area contributed by atoms with E-state index in [1.54, 1.807) is 0 Å². The minimum absolute atomic E-state index is 0.605. The van der Waals surface area contributed by atoms with Gasteiger partial charge in [0.15, 0.2) is 0 Å². The van der Waals surface area contributed by atoms with Gasteiger partial charge in [-0.3, -0.25) is 0 Å². The Bertz CT molecular complexity index is 349. The zero-order valence-corrected chi connectivity index (χ0v) is 9.75. The molecule has 1 aromatic heterocycles. The maximum atomic E-state index is 4.63. The minimum Gasteiger partial charge on any atom is -0.373 e. The van der Waals surface area contributed by atoms with E-state index in [-0.39, 0.29) is 0 Å². The molecule has 1 saturated carbocycles. The van der Waals surface area contributed by atoms with Crippen LogP contribution < -0.4 is 5.32 Å². The maximum Gasteiger partial charge on any atom is 0.134 e. The summed E-state index contributed by atoms with van der Waals surface area (Å²) in [6.45, 7) is 4.44. The van der Waals surface area contributed by atoms with E-state index < -0.39 is 0 Å². The van der Waals surface area contributed by atoms with Crippen LogP contribution in [0.5, 0.6) is 0 Å². The van der Waals surface area contributed by atoms with Gasteiger partial charge in [-0.25, -0.2) is 9.97 Å². The van der Waals surface area contributed by atoms with E-state index >= 15 is 0 Å². The van der Waals surface area contributed by atoms with E-state index in [1.165, 1.54) is 12.1 Å². The molecule has 0 aromatic carbocycles. The van der Waals surface area contributed by atoms with Crippen molar-refractivity contribution < 1.29 is 0 Å². The van der Waals surface area contributed by atoms with Crippen LogP contribution in [0.1, 0.15) is 44.1 Å². The number of rotatable bonds is 4. The van der Waals surface area contributed by atoms with Gasteiger partial charge in [0.05, 0.1) is 0 Å². The predicted octanol–water partition coefficient (Wildman–Crippen LogP) is 2.59. The topological polar surface area (TPSA) is 37.8 Å². The van der Waals surface area contributed by atoms with Crippen LogP contribution in [0.25, 0.3) is 0 Å². The molecule has 3 nitrogen and oxygen atoms in total. The Balaban J connectivity index is 2.25. The molecule has 0 spiro atoms. The number of nitrogens with one attached hydrogen (secondary N) is 1. The van der Waals surface area contributed by atoms with Crippen molar-refractivity contribution in [1.29, 1.82) is 0 Å². The number of anilines is 1. The van der Waals surface area contributed by atoms with Crippen LogP contribution in [0.4, 0.5) is 5.82 Å². The smallest absolute Gasteiger partial charge is 0.134 e. The van der Waals surface area contributed by atoms with E-state index in [9.17, 15) is 0 Å². The molecule has 0 saturated heterocycles. The molecular weight excluding hydrogens is 186 g/mol. The van der Waals surface area contributed by atoms with Crippen molar-refractivity contribution in [1.82, 2.24) is 9.97 Å². The van der Waals surface area contributed by atoms with Gasteiger partial charge in [0.25, 0.3) is 0 Å². The first kappa shape index (κ1) is 10.4. The van der Waals surface area contributed by atoms with Crippen molar-refractivity contribution in [2.45, 2.75) is 39.0 Å². The quantitative estimate of drug-likeness (QED) is 0.821. The summed E-state index contributed by atoms with van der Waals surface area (Å²) < 4.78 is 0. The van der Waals surface area contributed by atoms with Crippen LogP contribution in [0.3, 0.4) is 0 Å². The van der Waals surface area contributed by atoms with E-state index in [1.807, 2.05) is 7.05 Å². The number of hydrogen-bond acceptors (Lipinski definition) is 3. The summed E-state index contributed by atoms with van der Waals surface area (Å²) in [6.07, 6.45) is 3.43. The molecule has 1 aliphatic rings. The van der Waals surface area contributed by atoms with Crippen molar-refractivity contribution in [2.24, 2.45) is 5.92 Å². The van der Waals surface area contributed by atoms with E-state index in [0.717, 1.165) is 30.4 Å². The summed E-state index contributed by atoms with van der Waals surface area (Å²) in [5.74, 6) is 3.38. The molecule has 0 amide bonds. The Kier molecular flexibility index (Phi) is 2.89. The Morgan fingerprint density at radius 2 is 2.20 bits per heavy atom. The SMILES string of the molecule is CCCc1cc(NC)nc(C2CC2C)n1. The van der Waals surface area contributed by atoms with Crippen LogP contribution >= 0.6 is 0 Å². The molecule has 0 radical (unpaired) electrons. The molecule has 1 N–H and O–H groups in total. The molecule has 1 heterocycles. The summed E-state index contributed by atoms with van der Waals surface area (Å²) in [4.78, 5) is 9.16. The molecule has 1 aliphatic carbocycles. The first-order valence-corrected chi connectivity index (χ1v) is 5.80. The van der Waals surface area contributed by atoms with Gasteiger partial charge < -0.3 is 5.32 Å². The highest BCUT2D eigenvalue weighted by molar-refractivity contribution is 5.36. The lowest BCUT2D eigenvalue weighted by Gasteiger charge is -2.06. The number of nitrogens with zero attached hydrogens (tertiary/aromatic N) is 2. The molecule has 15 heavy (non-hydrogen) atoms. The maximum absolute atomic E-state index is 4.63. The van der Waals surface area contributed by atoms with Gasteiger partial charge in [-0.05, 0) is 18.8 Å². The zero-order valence-electron chi connectivity index (χ0n) is 9.75. The van der Waals surface area contributed by atoms with Crippen molar-refractivity contribution in [3.8, 4) is 0 Å². The second-order valence-corrected chi connectivity index (χ2v) is 4.42. The van der Waals surface area contributed by atoms with E-state index in [0.29, 0.717) is 5.92 Å². The first-order chi connectivity index (χ1) is 7.24. The lowest BCUT2D eigenvalue weighted by molar-refractivity contribution is 0.801. The average molecular weight is 205 g/mol. The summed E-state index contributed by atoms with van der Waals surface area (Å²) >= 11 is 0. The third-order valence-corrected chi connectivity index (χ3v) is 3.00. The highest BCUT2D eigenvalue weighted by Crippen LogP contribution is 2.45. The van der Waals surface area contributed by atoms with Gasteiger partial charge in [-0.15, -0.1) is 0 Å². The number of aryl methyl sites for hydroxylation is 1. The van der Waals surface area contributed by atoms with E-state index in [4.69, 9.17) is 0 Å². The van der Waals surface area contributed by atoms with Gasteiger partial charge in [-0.1, -0.05) is 20.3 Å². The highest BCUT2D eigenvalue weighted by Gasteiger charge is 2.36. The predicted molar refractivity (Wildman–Crippen MR) is 62.1 cm³/mol. The summed E-state index contributed by atoms with van der Waals surface area (Å²) in [5, 5.41) is 3.11. The monoisotopic (exact) mass is 205 g/mol. The zero-order chi connectivity index (χ0) is 10.8. The van der Waals surface area contributed by atoms with Crippen LogP contribution in [0, 0.1) is 5.92 Å². The fraction of sp³-hybridized carbons (Fsp3) is 0.667. The Hall–Kier alpha value is -1.12. The Labute approximate surface area is 91.3 Å². The van der Waals surface area contributed by atoms with Gasteiger partial charge >= 0.3 is 0 Å². The second-order valence-electron chi connectivity index (χ2n) is 4.42. The van der Waals surface area contributed by atoms with Gasteiger partial charge in [0, 0.05) is 24.7 Å². The van der Waals surface area contributed by atoms with Crippen molar-refractivity contribution in [3.63, 3.8) is 0 Å². The number of hydrogen-bond donors (Lipinski definition) is 1. The fourth-order valence-electron chi connectivity index (χ4n) is 1.88. The summed E-state index contributed by atoms with van der Waals surface area (Å²) in [7, 11) is 1.91. The largest absolute Gasteiger partial charge is 0.373 e. The minimum atomic E-state index is 0.605. The van der Waals surface area contributed by atoms with Crippen LogP contribution in [0.15, 0.2) is 6.07 Å². The molecule has 1 fully saturated rings. The molecule has 82 valence electrons. The lowest BCUT2D eigenvalue weighted by Crippen LogP contribution is -2.03. The molecule has 1 aromatic rings. The molecule has 2 rings (SSSR count). The van der Waals surface area contributed by atoms with Crippen molar-refractivity contribution >= 4 is 5.82 Å². The third kappa shape index (κ3) is 2.28. The molecule has 0 bridgehead atoms. The van der Waals surface area contributed by atoms with Gasteiger partial charge in [0.1, 0.15) is 11.6 Å². The highest BCUT2D eigenvalue weighted by atomic mass is 15.0. The van der Waals surface area contributed by atoms with Gasteiger partial charge in [0.2, 0.25) is 0 Å². The van der Waals surface area contributed by atoms with Crippen LogP contribution in [-0.4, -0.2) is 17.0 Å². The first-order valence-electron chi connectivity index (χ1n) is 5.80. The number of aromatic nitrogens is 2. The Morgan fingerprint density at radius 3 is 2.73 bits per heavy atom. The van der Waals surface area contributed by atoms with Crippen molar-refractivity contribution in [2.75, 3.05) is 12.4 Å². The van der Waals surface area contributed by atoms with E-state index in [2.05, 4.69) is 35.2 Å². The molecule has 2 unspecified atom stereocenters. The van der Waals surface area contributed by atoms with Gasteiger partial charge in [-0.2, -0.15) is 0 Å². The molecule has 2 atom stereocenters. The second kappa shape index (κ2) is 4.17. The molecular formula is C12H19N3. The lowest BCUT2D eigenvalue weighted by atomic mass is 10.2. The third-order valence-electron chi connectivity index (χ3n) is 3.00. The summed E-state index contributed by atoms with van der Waals surface area (Å²) in [6, 6.07) is 2.06. The van der Waals surface area contributed by atoms with Crippen molar-refractivity contribution in [3.05, 3.63) is 17.6 Å². The molecule has 3 heteroatoms. The Morgan fingerprint density at radius 1 is 1.47 bits per heavy atom. The molecule has 0 aliphatic heterocycles. The summed E-state index contributed by atoms with van der Waals surface area (Å²) in [5.41, 5.74) is 1.17. The standard InChI is InChI=1S/C12H19N3/c1-4-5-9-7-11(13-3)15-12(14-9)10-6-8(10)2/h7-8,10H,4-6H2,1-3H3,(H,13,14,15). The normalized spacial score (nSPS) is 23.9. The average Bonchev–Trinajstić information content (AvgIpc) is 2.95.